The number of nitrogens with one attached hydrogen (secondary N) is 1. The van der Waals surface area contributed by atoms with E-state index in [1.807, 2.05) is 4.90 Å². The van der Waals surface area contributed by atoms with Gasteiger partial charge >= 0.3 is 0 Å². The summed E-state index contributed by atoms with van der Waals surface area (Å²) in [7, 11) is 1.43. The van der Waals surface area contributed by atoms with Crippen molar-refractivity contribution >= 4 is 11.7 Å². The summed E-state index contributed by atoms with van der Waals surface area (Å²) in [5.74, 6) is 0.308. The Morgan fingerprint density at radius 1 is 1.33 bits per heavy atom. The number of rotatable bonds is 5. The number of amides is 1. The number of ether oxygens (including phenoxy) is 1. The van der Waals surface area contributed by atoms with Crippen LogP contribution < -0.4 is 10.1 Å². The average molecular weight is 329 g/mol. The van der Waals surface area contributed by atoms with Crippen molar-refractivity contribution in [3.8, 4) is 5.75 Å². The molecule has 1 aromatic heterocycles. The van der Waals surface area contributed by atoms with Gasteiger partial charge < -0.3 is 15.0 Å². The van der Waals surface area contributed by atoms with Gasteiger partial charge in [0, 0.05) is 25.8 Å². The van der Waals surface area contributed by atoms with Crippen LogP contribution in [0.3, 0.4) is 0 Å². The molecule has 1 aliphatic heterocycles. The van der Waals surface area contributed by atoms with Gasteiger partial charge in [0.15, 0.2) is 11.6 Å². The fourth-order valence-electron chi connectivity index (χ4n) is 2.81. The lowest BCUT2D eigenvalue weighted by Gasteiger charge is -2.17. The van der Waals surface area contributed by atoms with Crippen LogP contribution in [0.5, 0.6) is 5.75 Å². The average Bonchev–Trinajstić information content (AvgIpc) is 3.14. The molecule has 0 saturated carbocycles. The van der Waals surface area contributed by atoms with Crippen LogP contribution in [0, 0.1) is 5.82 Å². The minimum absolute atomic E-state index is 0.0102. The number of aromatic nitrogens is 1. The van der Waals surface area contributed by atoms with E-state index in [1.165, 1.54) is 13.2 Å². The Balaban J connectivity index is 1.73. The predicted octanol–water partition coefficient (Wildman–Crippen LogP) is 3.08. The molecule has 1 fully saturated rings. The number of pyridine rings is 1. The molecule has 2 heterocycles. The van der Waals surface area contributed by atoms with E-state index in [0.29, 0.717) is 17.9 Å². The minimum atomic E-state index is -0.411. The van der Waals surface area contributed by atoms with Gasteiger partial charge in [0.1, 0.15) is 5.82 Å². The molecular weight excluding hydrogens is 309 g/mol. The Bertz CT molecular complexity index is 730. The highest BCUT2D eigenvalue weighted by molar-refractivity contribution is 5.98. The van der Waals surface area contributed by atoms with Crippen LogP contribution in [-0.2, 0) is 6.54 Å². The minimum Gasteiger partial charge on any atom is -0.494 e. The van der Waals surface area contributed by atoms with E-state index in [1.54, 1.807) is 30.5 Å². The predicted molar refractivity (Wildman–Crippen MR) is 89.7 cm³/mol. The molecule has 2 aromatic rings. The topological polar surface area (TPSA) is 54.5 Å². The van der Waals surface area contributed by atoms with E-state index in [9.17, 15) is 9.18 Å². The Hall–Kier alpha value is -2.63. The summed E-state index contributed by atoms with van der Waals surface area (Å²) in [6, 6.07) is 8.30. The number of carbonyl (C=O) groups excluding carboxylic acids is 1. The molecule has 1 saturated heterocycles. The second kappa shape index (κ2) is 7.29. The van der Waals surface area contributed by atoms with E-state index in [0.717, 1.165) is 31.5 Å². The van der Waals surface area contributed by atoms with Crippen molar-refractivity contribution in [3.63, 3.8) is 0 Å². The lowest BCUT2D eigenvalue weighted by atomic mass is 10.2. The number of carbonyl (C=O) groups is 1. The maximum atomic E-state index is 13.8. The monoisotopic (exact) mass is 329 g/mol. The number of nitrogens with zero attached hydrogens (tertiary/aromatic N) is 2. The van der Waals surface area contributed by atoms with Crippen LogP contribution in [0.2, 0.25) is 0 Å². The van der Waals surface area contributed by atoms with Crippen LogP contribution in [0.15, 0.2) is 36.5 Å². The van der Waals surface area contributed by atoms with Crippen molar-refractivity contribution in [3.05, 3.63) is 53.5 Å². The first-order valence-electron chi connectivity index (χ1n) is 7.99. The molecule has 126 valence electrons. The van der Waals surface area contributed by atoms with Crippen LogP contribution >= 0.6 is 0 Å². The standard InChI is InChI=1S/C18H20FN3O2/c1-24-16-7-6-13(11-15(16)19)12-21-17-14(5-4-8-20-17)18(23)22-9-2-3-10-22/h4-8,11H,2-3,9-10,12H2,1H3,(H,20,21). The fraction of sp³-hybridized carbons (Fsp3) is 0.333. The van der Waals surface area contributed by atoms with Gasteiger partial charge in [-0.15, -0.1) is 0 Å². The van der Waals surface area contributed by atoms with E-state index in [-0.39, 0.29) is 11.7 Å². The molecule has 1 aromatic carbocycles. The zero-order chi connectivity index (χ0) is 16.9. The van der Waals surface area contributed by atoms with E-state index < -0.39 is 5.82 Å². The van der Waals surface area contributed by atoms with Crippen molar-refractivity contribution < 1.29 is 13.9 Å². The number of hydrogen-bond donors (Lipinski definition) is 1. The van der Waals surface area contributed by atoms with Gasteiger partial charge in [-0.3, -0.25) is 4.79 Å². The third kappa shape index (κ3) is 3.48. The van der Waals surface area contributed by atoms with Crippen LogP contribution in [0.1, 0.15) is 28.8 Å². The molecule has 0 unspecified atom stereocenters. The van der Waals surface area contributed by atoms with Gasteiger partial charge in [-0.05, 0) is 42.7 Å². The fourth-order valence-corrected chi connectivity index (χ4v) is 2.81. The first kappa shape index (κ1) is 16.2. The highest BCUT2D eigenvalue weighted by Crippen LogP contribution is 2.21. The number of benzene rings is 1. The lowest BCUT2D eigenvalue weighted by molar-refractivity contribution is 0.0793. The molecule has 24 heavy (non-hydrogen) atoms. The second-order valence-electron chi connectivity index (χ2n) is 5.72. The highest BCUT2D eigenvalue weighted by Gasteiger charge is 2.22. The Kier molecular flexibility index (Phi) is 4.93. The number of halogens is 1. The third-order valence-electron chi connectivity index (χ3n) is 4.11. The SMILES string of the molecule is COc1ccc(CNc2ncccc2C(=O)N2CCCC2)cc1F. The maximum Gasteiger partial charge on any atom is 0.257 e. The maximum absolute atomic E-state index is 13.8. The summed E-state index contributed by atoms with van der Waals surface area (Å²) in [5.41, 5.74) is 1.30. The van der Waals surface area contributed by atoms with Crippen molar-refractivity contribution in [2.24, 2.45) is 0 Å². The summed E-state index contributed by atoms with van der Waals surface area (Å²) in [6.07, 6.45) is 3.72. The molecule has 3 rings (SSSR count). The summed E-state index contributed by atoms with van der Waals surface area (Å²) in [4.78, 5) is 18.7. The van der Waals surface area contributed by atoms with E-state index in [4.69, 9.17) is 4.74 Å². The first-order valence-corrected chi connectivity index (χ1v) is 7.99. The summed E-state index contributed by atoms with van der Waals surface area (Å²) < 4.78 is 18.7. The zero-order valence-corrected chi connectivity index (χ0v) is 13.6. The van der Waals surface area contributed by atoms with Crippen LogP contribution in [0.4, 0.5) is 10.2 Å². The molecule has 1 amide bonds. The van der Waals surface area contributed by atoms with Gasteiger partial charge in [-0.1, -0.05) is 6.07 Å². The number of anilines is 1. The van der Waals surface area contributed by atoms with Crippen LogP contribution in [0.25, 0.3) is 0 Å². The van der Waals surface area contributed by atoms with Gasteiger partial charge in [0.25, 0.3) is 5.91 Å². The Labute approximate surface area is 140 Å². The zero-order valence-electron chi connectivity index (χ0n) is 13.6. The molecule has 0 aliphatic carbocycles. The molecule has 1 N–H and O–H groups in total. The second-order valence-corrected chi connectivity index (χ2v) is 5.72. The molecular formula is C18H20FN3O2. The third-order valence-corrected chi connectivity index (χ3v) is 4.11. The van der Waals surface area contributed by atoms with Gasteiger partial charge in [0.05, 0.1) is 12.7 Å². The van der Waals surface area contributed by atoms with Gasteiger partial charge in [-0.25, -0.2) is 9.37 Å². The van der Waals surface area contributed by atoms with Crippen molar-refractivity contribution in [2.45, 2.75) is 19.4 Å². The number of likely N-dealkylation sites (tertiary alicyclic amines) is 1. The van der Waals surface area contributed by atoms with Crippen molar-refractivity contribution in [1.29, 1.82) is 0 Å². The molecule has 6 heteroatoms. The number of hydrogen-bond acceptors (Lipinski definition) is 4. The highest BCUT2D eigenvalue weighted by atomic mass is 19.1. The van der Waals surface area contributed by atoms with Crippen LogP contribution in [-0.4, -0.2) is 36.0 Å². The quantitative estimate of drug-likeness (QED) is 0.916. The summed E-state index contributed by atoms with van der Waals surface area (Å²) in [6.45, 7) is 1.95. The molecule has 0 radical (unpaired) electrons. The summed E-state index contributed by atoms with van der Waals surface area (Å²) in [5, 5.41) is 3.13. The normalized spacial score (nSPS) is 13.8. The smallest absolute Gasteiger partial charge is 0.257 e. The molecule has 0 bridgehead atoms. The molecule has 0 atom stereocenters. The number of methoxy groups -OCH3 is 1. The lowest BCUT2D eigenvalue weighted by Crippen LogP contribution is -2.28. The molecule has 1 aliphatic rings. The Morgan fingerprint density at radius 2 is 2.12 bits per heavy atom. The van der Waals surface area contributed by atoms with E-state index in [2.05, 4.69) is 10.3 Å². The van der Waals surface area contributed by atoms with Gasteiger partial charge in [-0.2, -0.15) is 0 Å². The largest absolute Gasteiger partial charge is 0.494 e. The van der Waals surface area contributed by atoms with Crippen molar-refractivity contribution in [1.82, 2.24) is 9.88 Å². The summed E-state index contributed by atoms with van der Waals surface area (Å²) >= 11 is 0. The molecule has 0 spiro atoms. The van der Waals surface area contributed by atoms with E-state index >= 15 is 0 Å². The Morgan fingerprint density at radius 3 is 2.83 bits per heavy atom. The molecule has 5 nitrogen and oxygen atoms in total. The first-order chi connectivity index (χ1) is 11.7. The van der Waals surface area contributed by atoms with Gasteiger partial charge in [0.2, 0.25) is 0 Å². The van der Waals surface area contributed by atoms with Crippen molar-refractivity contribution in [2.75, 3.05) is 25.5 Å².